The van der Waals surface area contributed by atoms with Gasteiger partial charge >= 0.3 is 0 Å². The Kier molecular flexibility index (Phi) is 6.01. The minimum Gasteiger partial charge on any atom is -0.298 e. The number of anilines is 2. The van der Waals surface area contributed by atoms with Crippen LogP contribution in [0.5, 0.6) is 0 Å². The molecule has 158 valence electrons. The van der Waals surface area contributed by atoms with Crippen molar-refractivity contribution in [3.8, 4) is 0 Å². The molecule has 2 aromatic carbocycles. The van der Waals surface area contributed by atoms with Gasteiger partial charge in [-0.25, -0.2) is 13.4 Å². The van der Waals surface area contributed by atoms with Crippen LogP contribution in [0, 0.1) is 13.8 Å². The summed E-state index contributed by atoms with van der Waals surface area (Å²) in [6, 6.07) is 11.3. The van der Waals surface area contributed by atoms with Gasteiger partial charge in [0, 0.05) is 16.4 Å². The minimum absolute atomic E-state index is 0.0872. The molecule has 0 spiro atoms. The maximum atomic E-state index is 12.7. The number of thiazole rings is 1. The average molecular weight is 444 g/mol. The lowest BCUT2D eigenvalue weighted by atomic mass is 9.93. The van der Waals surface area contributed by atoms with E-state index in [9.17, 15) is 13.2 Å². The number of amides is 1. The Morgan fingerprint density at radius 1 is 1.03 bits per heavy atom. The number of benzene rings is 2. The second-order valence-electron chi connectivity index (χ2n) is 8.12. The van der Waals surface area contributed by atoms with Gasteiger partial charge in [-0.2, -0.15) is 0 Å². The van der Waals surface area contributed by atoms with Crippen LogP contribution in [0.4, 0.5) is 10.8 Å². The van der Waals surface area contributed by atoms with Crippen molar-refractivity contribution in [1.29, 1.82) is 0 Å². The maximum absolute atomic E-state index is 12.7. The van der Waals surface area contributed by atoms with Crippen LogP contribution >= 0.6 is 11.3 Å². The first-order valence-electron chi connectivity index (χ1n) is 9.44. The number of sulfonamides is 1. The number of nitrogens with zero attached hydrogens (tertiary/aromatic N) is 1. The van der Waals surface area contributed by atoms with Crippen molar-refractivity contribution in [3.63, 3.8) is 0 Å². The van der Waals surface area contributed by atoms with Crippen molar-refractivity contribution in [2.24, 2.45) is 0 Å². The highest BCUT2D eigenvalue weighted by atomic mass is 32.2. The summed E-state index contributed by atoms with van der Waals surface area (Å²) in [7, 11) is -3.76. The quantitative estimate of drug-likeness (QED) is 0.573. The van der Waals surface area contributed by atoms with Crippen molar-refractivity contribution in [2.75, 3.05) is 10.0 Å². The molecule has 3 rings (SSSR count). The zero-order chi connectivity index (χ0) is 22.1. The molecule has 0 saturated carbocycles. The highest BCUT2D eigenvalue weighted by molar-refractivity contribution is 7.92. The van der Waals surface area contributed by atoms with Crippen LogP contribution in [0.15, 0.2) is 52.7 Å². The molecule has 30 heavy (non-hydrogen) atoms. The van der Waals surface area contributed by atoms with E-state index in [4.69, 9.17) is 0 Å². The molecule has 0 atom stereocenters. The Labute approximate surface area is 181 Å². The number of carbonyl (C=O) groups excluding carboxylic acids is 1. The molecule has 3 aromatic rings. The van der Waals surface area contributed by atoms with Crippen LogP contribution in [-0.4, -0.2) is 19.3 Å². The second kappa shape index (κ2) is 8.20. The standard InChI is InChI=1S/C22H25N3O3S2/c1-14-7-6-8-18(15(14)2)25-30(27,28)17-11-9-16(10-12-17)20(26)24-21-23-19(13-29-21)22(3,4)5/h6-13,25H,1-5H3,(H,23,24,26). The number of aromatic nitrogens is 1. The predicted octanol–water partition coefficient (Wildman–Crippen LogP) is 5.11. The molecule has 0 bridgehead atoms. The van der Waals surface area contributed by atoms with Crippen molar-refractivity contribution >= 4 is 38.1 Å². The number of rotatable bonds is 5. The van der Waals surface area contributed by atoms with Gasteiger partial charge in [0.2, 0.25) is 0 Å². The molecular weight excluding hydrogens is 418 g/mol. The molecule has 0 aliphatic heterocycles. The Morgan fingerprint density at radius 2 is 1.70 bits per heavy atom. The third-order valence-electron chi connectivity index (χ3n) is 4.77. The highest BCUT2D eigenvalue weighted by Gasteiger charge is 2.19. The Hall–Kier alpha value is -2.71. The zero-order valence-electron chi connectivity index (χ0n) is 17.6. The summed E-state index contributed by atoms with van der Waals surface area (Å²) in [5.41, 5.74) is 3.57. The average Bonchev–Trinajstić information content (AvgIpc) is 3.14. The molecule has 0 radical (unpaired) electrons. The fourth-order valence-corrected chi connectivity index (χ4v) is 4.75. The normalized spacial score (nSPS) is 11.9. The van der Waals surface area contributed by atoms with Gasteiger partial charge in [0.05, 0.1) is 16.3 Å². The molecule has 2 N–H and O–H groups in total. The molecule has 0 aliphatic carbocycles. The van der Waals surface area contributed by atoms with Crippen molar-refractivity contribution in [3.05, 3.63) is 70.2 Å². The van der Waals surface area contributed by atoms with Gasteiger partial charge < -0.3 is 0 Å². The first kappa shape index (κ1) is 22.0. The third-order valence-corrected chi connectivity index (χ3v) is 6.91. The Morgan fingerprint density at radius 3 is 2.30 bits per heavy atom. The summed E-state index contributed by atoms with van der Waals surface area (Å²) in [6.45, 7) is 9.95. The van der Waals surface area contributed by atoms with Crippen molar-refractivity contribution in [1.82, 2.24) is 4.98 Å². The summed E-state index contributed by atoms with van der Waals surface area (Å²) in [6.07, 6.45) is 0. The largest absolute Gasteiger partial charge is 0.298 e. The lowest BCUT2D eigenvalue weighted by Crippen LogP contribution is -2.16. The van der Waals surface area contributed by atoms with Crippen LogP contribution in [0.3, 0.4) is 0 Å². The van der Waals surface area contributed by atoms with E-state index < -0.39 is 10.0 Å². The smallest absolute Gasteiger partial charge is 0.261 e. The maximum Gasteiger partial charge on any atom is 0.261 e. The van der Waals surface area contributed by atoms with E-state index in [-0.39, 0.29) is 16.2 Å². The van der Waals surface area contributed by atoms with Crippen LogP contribution in [0.2, 0.25) is 0 Å². The summed E-state index contributed by atoms with van der Waals surface area (Å²) in [4.78, 5) is 17.0. The van der Waals surface area contributed by atoms with Crippen molar-refractivity contribution < 1.29 is 13.2 Å². The molecule has 0 aliphatic rings. The predicted molar refractivity (Wildman–Crippen MR) is 122 cm³/mol. The number of aryl methyl sites for hydroxylation is 1. The van der Waals surface area contributed by atoms with Gasteiger partial charge in [-0.3, -0.25) is 14.8 Å². The van der Waals surface area contributed by atoms with Crippen LogP contribution in [0.1, 0.15) is 48.0 Å². The van der Waals surface area contributed by atoms with Crippen molar-refractivity contribution in [2.45, 2.75) is 44.9 Å². The van der Waals surface area contributed by atoms with E-state index in [2.05, 4.69) is 35.8 Å². The van der Waals surface area contributed by atoms with Gasteiger partial charge in [0.1, 0.15) is 0 Å². The number of hydrogen-bond acceptors (Lipinski definition) is 5. The first-order chi connectivity index (χ1) is 14.0. The topological polar surface area (TPSA) is 88.2 Å². The molecule has 1 amide bonds. The van der Waals surface area contributed by atoms with Crippen LogP contribution < -0.4 is 10.0 Å². The molecule has 1 aromatic heterocycles. The van der Waals surface area contributed by atoms with Gasteiger partial charge in [-0.05, 0) is 55.3 Å². The fourth-order valence-electron chi connectivity index (χ4n) is 2.70. The van der Waals surface area contributed by atoms with E-state index in [1.807, 2.05) is 25.3 Å². The SMILES string of the molecule is Cc1cccc(NS(=O)(=O)c2ccc(C(=O)Nc3nc(C(C)(C)C)cs3)cc2)c1C. The fraction of sp³-hybridized carbons (Fsp3) is 0.273. The van der Waals surface area contributed by atoms with E-state index in [0.29, 0.717) is 16.4 Å². The van der Waals surface area contributed by atoms with Crippen LogP contribution in [-0.2, 0) is 15.4 Å². The summed E-state index contributed by atoms with van der Waals surface area (Å²) in [5.74, 6) is -0.337. The molecule has 1 heterocycles. The number of hydrogen-bond donors (Lipinski definition) is 2. The lowest BCUT2D eigenvalue weighted by molar-refractivity contribution is 0.102. The van der Waals surface area contributed by atoms with Gasteiger partial charge in [0.25, 0.3) is 15.9 Å². The van der Waals surface area contributed by atoms with E-state index in [0.717, 1.165) is 16.8 Å². The van der Waals surface area contributed by atoms with E-state index >= 15 is 0 Å². The van der Waals surface area contributed by atoms with Gasteiger partial charge in [-0.1, -0.05) is 32.9 Å². The summed E-state index contributed by atoms with van der Waals surface area (Å²) in [5, 5.41) is 5.20. The summed E-state index contributed by atoms with van der Waals surface area (Å²) >= 11 is 1.36. The van der Waals surface area contributed by atoms with E-state index in [1.54, 1.807) is 12.1 Å². The van der Waals surface area contributed by atoms with E-state index in [1.165, 1.54) is 35.6 Å². The Bertz CT molecular complexity index is 1180. The lowest BCUT2D eigenvalue weighted by Gasteiger charge is -2.14. The highest BCUT2D eigenvalue weighted by Crippen LogP contribution is 2.27. The zero-order valence-corrected chi connectivity index (χ0v) is 19.2. The number of nitrogens with one attached hydrogen (secondary N) is 2. The second-order valence-corrected chi connectivity index (χ2v) is 10.7. The first-order valence-corrected chi connectivity index (χ1v) is 11.8. The third kappa shape index (κ3) is 4.88. The monoisotopic (exact) mass is 443 g/mol. The molecule has 6 nitrogen and oxygen atoms in total. The minimum atomic E-state index is -3.76. The molecular formula is C22H25N3O3S2. The Balaban J connectivity index is 1.74. The summed E-state index contributed by atoms with van der Waals surface area (Å²) < 4.78 is 28.0. The molecule has 8 heteroatoms. The molecule has 0 fully saturated rings. The number of carbonyl (C=O) groups is 1. The molecule has 0 saturated heterocycles. The van der Waals surface area contributed by atoms with Gasteiger partial charge in [0.15, 0.2) is 5.13 Å². The molecule has 0 unspecified atom stereocenters. The van der Waals surface area contributed by atoms with Gasteiger partial charge in [-0.15, -0.1) is 11.3 Å². The van der Waals surface area contributed by atoms with Crippen LogP contribution in [0.25, 0.3) is 0 Å².